The number of benzene rings is 3. The molecule has 5 N–H and O–H groups in total. The fourth-order valence-corrected chi connectivity index (χ4v) is 4.32. The van der Waals surface area contributed by atoms with Crippen LogP contribution in [0.2, 0.25) is 0 Å². The van der Waals surface area contributed by atoms with Crippen molar-refractivity contribution in [3.8, 4) is 11.8 Å². The number of nitrogens with two attached hydrogens (primary N) is 1. The van der Waals surface area contributed by atoms with Crippen LogP contribution in [0.25, 0.3) is 21.7 Å². The van der Waals surface area contributed by atoms with E-state index in [2.05, 4.69) is 35.9 Å². The average Bonchev–Trinajstić information content (AvgIpc) is 3.57. The number of nitrogens with zero attached hydrogens (tertiary/aromatic N) is 6. The molecular weight excluding hydrogens is 484 g/mol. The van der Waals surface area contributed by atoms with Crippen molar-refractivity contribution < 1.29 is 9.53 Å². The number of fused-ring (bicyclic) bond motifs is 2. The maximum atomic E-state index is 13.3. The molecule has 3 heterocycles. The third kappa shape index (κ3) is 4.37. The van der Waals surface area contributed by atoms with E-state index < -0.39 is 5.91 Å². The number of tetrazole rings is 1. The SMILES string of the molecule is N=C(N)c1ccc2cc(C(=O)Nc3nn[nH]n3)n(Cc3cc(Oc4ncccn4)cc4ccccc34)c2c1. The Labute approximate surface area is 215 Å². The Morgan fingerprint density at radius 3 is 2.66 bits per heavy atom. The molecule has 0 saturated heterocycles. The number of aromatic amines is 1. The minimum atomic E-state index is -0.415. The number of amides is 1. The Hall–Kier alpha value is -5.65. The largest absolute Gasteiger partial charge is 0.424 e. The molecule has 0 radical (unpaired) electrons. The predicted molar refractivity (Wildman–Crippen MR) is 140 cm³/mol. The molecule has 12 nitrogen and oxygen atoms in total. The van der Waals surface area contributed by atoms with Crippen LogP contribution in [0.5, 0.6) is 11.8 Å². The van der Waals surface area contributed by atoms with Gasteiger partial charge < -0.3 is 15.0 Å². The number of carbonyl (C=O) groups is 1. The van der Waals surface area contributed by atoms with Gasteiger partial charge in [-0.1, -0.05) is 41.5 Å². The number of rotatable bonds is 7. The van der Waals surface area contributed by atoms with Crippen molar-refractivity contribution in [2.75, 3.05) is 5.32 Å². The van der Waals surface area contributed by atoms with Crippen molar-refractivity contribution >= 4 is 39.4 Å². The van der Waals surface area contributed by atoms with Gasteiger partial charge in [0.2, 0.25) is 0 Å². The van der Waals surface area contributed by atoms with Gasteiger partial charge in [0, 0.05) is 35.4 Å². The van der Waals surface area contributed by atoms with Gasteiger partial charge in [-0.3, -0.25) is 15.5 Å². The van der Waals surface area contributed by atoms with Crippen molar-refractivity contribution in [3.05, 3.63) is 95.9 Å². The zero-order valence-electron chi connectivity index (χ0n) is 19.8. The highest BCUT2D eigenvalue weighted by molar-refractivity contribution is 6.07. The van der Waals surface area contributed by atoms with E-state index in [1.165, 1.54) is 0 Å². The van der Waals surface area contributed by atoms with E-state index >= 15 is 0 Å². The lowest BCUT2D eigenvalue weighted by atomic mass is 10.0. The number of aromatic nitrogens is 7. The van der Waals surface area contributed by atoms with Gasteiger partial charge in [0.05, 0.1) is 0 Å². The highest BCUT2D eigenvalue weighted by atomic mass is 16.5. The van der Waals surface area contributed by atoms with E-state index in [0.717, 1.165) is 27.2 Å². The molecule has 0 aliphatic carbocycles. The second-order valence-corrected chi connectivity index (χ2v) is 8.43. The number of carbonyl (C=O) groups excluding carboxylic acids is 1. The molecule has 1 amide bonds. The Morgan fingerprint density at radius 1 is 1.03 bits per heavy atom. The maximum Gasteiger partial charge on any atom is 0.321 e. The maximum absolute atomic E-state index is 13.3. The molecule has 12 heteroatoms. The second-order valence-electron chi connectivity index (χ2n) is 8.43. The predicted octanol–water partition coefficient (Wildman–Crippen LogP) is 3.47. The number of ether oxygens (including phenoxy) is 1. The first-order valence-electron chi connectivity index (χ1n) is 11.5. The molecule has 0 unspecified atom stereocenters. The summed E-state index contributed by atoms with van der Waals surface area (Å²) in [6.07, 6.45) is 3.22. The zero-order chi connectivity index (χ0) is 26.1. The second kappa shape index (κ2) is 9.43. The summed E-state index contributed by atoms with van der Waals surface area (Å²) in [5.74, 6) is 0.131. The Kier molecular flexibility index (Phi) is 5.65. The Bertz CT molecular complexity index is 1800. The summed E-state index contributed by atoms with van der Waals surface area (Å²) in [7, 11) is 0. The van der Waals surface area contributed by atoms with Gasteiger partial charge in [-0.05, 0) is 51.9 Å². The number of H-pyrrole nitrogens is 1. The van der Waals surface area contributed by atoms with Crippen molar-refractivity contribution in [1.82, 2.24) is 35.2 Å². The average molecular weight is 505 g/mol. The third-order valence-corrected chi connectivity index (χ3v) is 6.02. The number of hydrogen-bond donors (Lipinski definition) is 4. The Morgan fingerprint density at radius 2 is 1.87 bits per heavy atom. The van der Waals surface area contributed by atoms with Gasteiger partial charge in [0.25, 0.3) is 11.9 Å². The molecular formula is C26H20N10O2. The van der Waals surface area contributed by atoms with Gasteiger partial charge in [0.1, 0.15) is 17.3 Å². The number of nitrogens with one attached hydrogen (secondary N) is 3. The van der Waals surface area contributed by atoms with Crippen LogP contribution < -0.4 is 15.8 Å². The van der Waals surface area contributed by atoms with Gasteiger partial charge in [-0.15, -0.1) is 5.10 Å². The van der Waals surface area contributed by atoms with E-state index in [0.29, 0.717) is 23.6 Å². The number of amidine groups is 1. The third-order valence-electron chi connectivity index (χ3n) is 6.02. The molecule has 0 aliphatic rings. The highest BCUT2D eigenvalue weighted by Gasteiger charge is 2.19. The standard InChI is InChI=1S/C26H20N10O2/c27-23(28)17-7-6-16-12-22(24(37)31-25-32-34-35-33-25)36(21(16)13-17)14-18-11-19(38-26-29-8-3-9-30-26)10-15-4-1-2-5-20(15)18/h1-13H,14H2,(H3,27,28)(H2,31,32,33,34,35,37). The topological polar surface area (TPSA) is 173 Å². The molecule has 0 fully saturated rings. The monoisotopic (exact) mass is 504 g/mol. The summed E-state index contributed by atoms with van der Waals surface area (Å²) < 4.78 is 7.81. The summed E-state index contributed by atoms with van der Waals surface area (Å²) >= 11 is 0. The fraction of sp³-hybridized carbons (Fsp3) is 0.0385. The summed E-state index contributed by atoms with van der Waals surface area (Å²) in [5.41, 5.74) is 8.32. The summed E-state index contributed by atoms with van der Waals surface area (Å²) in [5, 5.41) is 26.8. The number of nitrogen functional groups attached to an aromatic ring is 1. The van der Waals surface area contributed by atoms with Gasteiger partial charge >= 0.3 is 6.01 Å². The first-order valence-corrected chi connectivity index (χ1v) is 11.5. The van der Waals surface area contributed by atoms with Gasteiger partial charge in [0.15, 0.2) is 0 Å². The van der Waals surface area contributed by atoms with Crippen molar-refractivity contribution in [2.24, 2.45) is 5.73 Å². The molecule has 0 aliphatic heterocycles. The van der Waals surface area contributed by atoms with Crippen LogP contribution in [0.1, 0.15) is 21.6 Å². The molecule has 3 aromatic heterocycles. The lowest BCUT2D eigenvalue weighted by Gasteiger charge is -2.15. The van der Waals surface area contributed by atoms with E-state index in [-0.39, 0.29) is 17.8 Å². The van der Waals surface area contributed by atoms with Crippen LogP contribution in [0.3, 0.4) is 0 Å². The van der Waals surface area contributed by atoms with Gasteiger partial charge in [-0.25, -0.2) is 9.97 Å². The van der Waals surface area contributed by atoms with Crippen LogP contribution >= 0.6 is 0 Å². The lowest BCUT2D eigenvalue weighted by Crippen LogP contribution is -2.18. The minimum absolute atomic E-state index is 0.0555. The van der Waals surface area contributed by atoms with Crippen molar-refractivity contribution in [1.29, 1.82) is 5.41 Å². The summed E-state index contributed by atoms with van der Waals surface area (Å²) in [4.78, 5) is 21.6. The zero-order valence-corrected chi connectivity index (χ0v) is 19.8. The van der Waals surface area contributed by atoms with Crippen LogP contribution in [-0.2, 0) is 6.54 Å². The molecule has 0 atom stereocenters. The first-order chi connectivity index (χ1) is 18.5. The molecule has 0 saturated carbocycles. The van der Waals surface area contributed by atoms with Crippen molar-refractivity contribution in [3.63, 3.8) is 0 Å². The number of anilines is 1. The van der Waals surface area contributed by atoms with E-state index in [1.807, 2.05) is 47.0 Å². The number of hydrogen-bond acceptors (Lipinski definition) is 8. The molecule has 6 aromatic rings. The first kappa shape index (κ1) is 22.8. The molecule has 0 spiro atoms. The van der Waals surface area contributed by atoms with E-state index in [9.17, 15) is 4.79 Å². The highest BCUT2D eigenvalue weighted by Crippen LogP contribution is 2.30. The van der Waals surface area contributed by atoms with Crippen LogP contribution in [0.4, 0.5) is 5.95 Å². The minimum Gasteiger partial charge on any atom is -0.424 e. The summed E-state index contributed by atoms with van der Waals surface area (Å²) in [6, 6.07) is 20.8. The Balaban J connectivity index is 1.49. The van der Waals surface area contributed by atoms with Crippen molar-refractivity contribution in [2.45, 2.75) is 6.54 Å². The normalized spacial score (nSPS) is 11.1. The van der Waals surface area contributed by atoms with Crippen LogP contribution in [0.15, 0.2) is 79.1 Å². The van der Waals surface area contributed by atoms with Crippen LogP contribution in [-0.4, -0.2) is 46.9 Å². The smallest absolute Gasteiger partial charge is 0.321 e. The van der Waals surface area contributed by atoms with E-state index in [4.69, 9.17) is 15.9 Å². The molecule has 0 bridgehead atoms. The van der Waals surface area contributed by atoms with Crippen LogP contribution in [0, 0.1) is 5.41 Å². The summed E-state index contributed by atoms with van der Waals surface area (Å²) in [6.45, 7) is 0.313. The van der Waals surface area contributed by atoms with E-state index in [1.54, 1.807) is 36.7 Å². The molecule has 6 rings (SSSR count). The molecule has 186 valence electrons. The van der Waals surface area contributed by atoms with Gasteiger partial charge in [-0.2, -0.15) is 5.21 Å². The fourth-order valence-electron chi connectivity index (χ4n) is 4.32. The lowest BCUT2D eigenvalue weighted by molar-refractivity contribution is 0.101. The molecule has 38 heavy (non-hydrogen) atoms. The molecule has 3 aromatic carbocycles. The quantitative estimate of drug-likeness (QED) is 0.189.